The van der Waals surface area contributed by atoms with Crippen LogP contribution in [0, 0.1) is 13.8 Å². The van der Waals surface area contributed by atoms with Crippen molar-refractivity contribution in [3.63, 3.8) is 0 Å². The number of amides is 1. The largest absolute Gasteiger partial charge is 0.345 e. The molecule has 0 spiro atoms. The minimum absolute atomic E-state index is 0.164. The first kappa shape index (κ1) is 19.5. The molecule has 0 fully saturated rings. The van der Waals surface area contributed by atoms with Crippen molar-refractivity contribution < 1.29 is 4.79 Å². The van der Waals surface area contributed by atoms with E-state index in [1.165, 1.54) is 0 Å². The summed E-state index contributed by atoms with van der Waals surface area (Å²) in [5, 5.41) is 8.66. The molecule has 27 heavy (non-hydrogen) atoms. The number of carbonyl (C=O) groups is 1. The molecule has 0 bridgehead atoms. The Labute approximate surface area is 169 Å². The molecule has 1 atom stereocenters. The van der Waals surface area contributed by atoms with E-state index in [9.17, 15) is 4.79 Å². The molecular formula is C21H21Cl2N3O. The third-order valence-corrected chi connectivity index (χ3v) is 5.12. The van der Waals surface area contributed by atoms with Crippen molar-refractivity contribution in [2.75, 3.05) is 0 Å². The van der Waals surface area contributed by atoms with Gasteiger partial charge in [0, 0.05) is 15.7 Å². The first-order valence-electron chi connectivity index (χ1n) is 8.70. The van der Waals surface area contributed by atoms with Crippen LogP contribution in [0.5, 0.6) is 0 Å². The third-order valence-electron chi connectivity index (χ3n) is 4.56. The van der Waals surface area contributed by atoms with Gasteiger partial charge in [-0.2, -0.15) is 5.10 Å². The average molecular weight is 402 g/mol. The van der Waals surface area contributed by atoms with E-state index in [2.05, 4.69) is 10.4 Å². The lowest BCUT2D eigenvalue weighted by Gasteiger charge is -2.16. The summed E-state index contributed by atoms with van der Waals surface area (Å²) >= 11 is 12.2. The second-order valence-corrected chi connectivity index (χ2v) is 7.39. The molecule has 1 N–H and O–H groups in total. The molecule has 3 aromatic rings. The Bertz CT molecular complexity index is 967. The third kappa shape index (κ3) is 4.34. The predicted octanol–water partition coefficient (Wildman–Crippen LogP) is 5.35. The molecule has 0 aliphatic rings. The number of nitrogens with one attached hydrogen (secondary N) is 1. The zero-order valence-corrected chi connectivity index (χ0v) is 17.0. The van der Waals surface area contributed by atoms with Crippen molar-refractivity contribution in [3.05, 3.63) is 86.7 Å². The molecule has 0 aliphatic heterocycles. The molecule has 2 aromatic carbocycles. The Morgan fingerprint density at radius 1 is 1.15 bits per heavy atom. The quantitative estimate of drug-likeness (QED) is 0.626. The minimum atomic E-state index is -0.251. The van der Waals surface area contributed by atoms with Crippen molar-refractivity contribution in [2.24, 2.45) is 0 Å². The second-order valence-electron chi connectivity index (χ2n) is 6.55. The van der Waals surface area contributed by atoms with E-state index in [1.807, 2.05) is 61.9 Å². The van der Waals surface area contributed by atoms with E-state index in [0.29, 0.717) is 27.8 Å². The van der Waals surface area contributed by atoms with Gasteiger partial charge in [0.2, 0.25) is 0 Å². The number of aryl methyl sites for hydroxylation is 1. The first-order valence-corrected chi connectivity index (χ1v) is 9.46. The van der Waals surface area contributed by atoms with Gasteiger partial charge in [-0.15, -0.1) is 0 Å². The van der Waals surface area contributed by atoms with E-state index in [-0.39, 0.29) is 11.9 Å². The highest BCUT2D eigenvalue weighted by molar-refractivity contribution is 6.35. The van der Waals surface area contributed by atoms with Crippen LogP contribution in [0.1, 0.15) is 45.8 Å². The number of hydrogen-bond acceptors (Lipinski definition) is 2. The highest BCUT2D eigenvalue weighted by Gasteiger charge is 2.21. The molecule has 6 heteroatoms. The standard InChI is InChI=1S/C21H21Cl2N3O/c1-13(18-10-9-17(22)11-19(18)23)24-21(27)20-14(2)25-26(15(20)3)12-16-7-5-4-6-8-16/h4-11,13H,12H2,1-3H3,(H,24,27). The molecule has 1 amide bonds. The number of hydrogen-bond donors (Lipinski definition) is 1. The Kier molecular flexibility index (Phi) is 5.88. The van der Waals surface area contributed by atoms with Crippen molar-refractivity contribution in [3.8, 4) is 0 Å². The molecule has 4 nitrogen and oxygen atoms in total. The van der Waals surface area contributed by atoms with E-state index >= 15 is 0 Å². The maximum atomic E-state index is 12.9. The first-order chi connectivity index (χ1) is 12.9. The van der Waals surface area contributed by atoms with Crippen LogP contribution in [0.2, 0.25) is 10.0 Å². The number of aromatic nitrogens is 2. The van der Waals surface area contributed by atoms with Gasteiger partial charge in [0.15, 0.2) is 0 Å². The number of halogens is 2. The Morgan fingerprint density at radius 2 is 1.85 bits per heavy atom. The minimum Gasteiger partial charge on any atom is -0.345 e. The van der Waals surface area contributed by atoms with Crippen molar-refractivity contribution in [2.45, 2.75) is 33.4 Å². The van der Waals surface area contributed by atoms with E-state index in [4.69, 9.17) is 23.2 Å². The fourth-order valence-corrected chi connectivity index (χ4v) is 3.71. The van der Waals surface area contributed by atoms with Gasteiger partial charge in [-0.25, -0.2) is 0 Å². The molecule has 1 aromatic heterocycles. The molecule has 1 heterocycles. The fraction of sp³-hybridized carbons (Fsp3) is 0.238. The van der Waals surface area contributed by atoms with Crippen LogP contribution in [0.15, 0.2) is 48.5 Å². The normalized spacial score (nSPS) is 12.0. The SMILES string of the molecule is Cc1nn(Cc2ccccc2)c(C)c1C(=O)NC(C)c1ccc(Cl)cc1Cl. The lowest BCUT2D eigenvalue weighted by atomic mass is 10.1. The van der Waals surface area contributed by atoms with Gasteiger partial charge in [-0.05, 0) is 44.0 Å². The summed E-state index contributed by atoms with van der Waals surface area (Å²) < 4.78 is 1.86. The summed E-state index contributed by atoms with van der Waals surface area (Å²) in [5.41, 5.74) is 4.10. The molecular weight excluding hydrogens is 381 g/mol. The van der Waals surface area contributed by atoms with Gasteiger partial charge < -0.3 is 5.32 Å². The maximum Gasteiger partial charge on any atom is 0.255 e. The van der Waals surface area contributed by atoms with Crippen molar-refractivity contribution >= 4 is 29.1 Å². The van der Waals surface area contributed by atoms with Gasteiger partial charge in [0.05, 0.1) is 23.8 Å². The predicted molar refractivity (Wildman–Crippen MR) is 110 cm³/mol. The molecule has 0 saturated carbocycles. The van der Waals surface area contributed by atoms with Gasteiger partial charge in [-0.3, -0.25) is 9.48 Å². The smallest absolute Gasteiger partial charge is 0.255 e. The topological polar surface area (TPSA) is 46.9 Å². The number of carbonyl (C=O) groups excluding carboxylic acids is 1. The summed E-state index contributed by atoms with van der Waals surface area (Å²) in [4.78, 5) is 12.9. The second kappa shape index (κ2) is 8.15. The molecule has 3 rings (SSSR count). The fourth-order valence-electron chi connectivity index (χ4n) is 3.14. The van der Waals surface area contributed by atoms with E-state index in [1.54, 1.807) is 12.1 Å². The monoisotopic (exact) mass is 401 g/mol. The lowest BCUT2D eigenvalue weighted by Crippen LogP contribution is -2.27. The Hall–Kier alpha value is -2.30. The molecule has 0 radical (unpaired) electrons. The maximum absolute atomic E-state index is 12.9. The van der Waals surface area contributed by atoms with Gasteiger partial charge >= 0.3 is 0 Å². The molecule has 140 valence electrons. The highest BCUT2D eigenvalue weighted by Crippen LogP contribution is 2.26. The van der Waals surface area contributed by atoms with Crippen LogP contribution in [-0.2, 0) is 6.54 Å². The molecule has 0 aliphatic carbocycles. The highest BCUT2D eigenvalue weighted by atomic mass is 35.5. The van der Waals surface area contributed by atoms with Crippen molar-refractivity contribution in [1.82, 2.24) is 15.1 Å². The Balaban J connectivity index is 1.80. The van der Waals surface area contributed by atoms with E-state index < -0.39 is 0 Å². The van der Waals surface area contributed by atoms with Gasteiger partial charge in [0.25, 0.3) is 5.91 Å². The van der Waals surface area contributed by atoms with Crippen LogP contribution in [0.25, 0.3) is 0 Å². The van der Waals surface area contributed by atoms with Crippen LogP contribution in [0.3, 0.4) is 0 Å². The zero-order chi connectivity index (χ0) is 19.6. The lowest BCUT2D eigenvalue weighted by molar-refractivity contribution is 0.0938. The summed E-state index contributed by atoms with van der Waals surface area (Å²) in [5.74, 6) is -0.164. The zero-order valence-electron chi connectivity index (χ0n) is 15.5. The van der Waals surface area contributed by atoms with Crippen LogP contribution in [-0.4, -0.2) is 15.7 Å². The van der Waals surface area contributed by atoms with Crippen LogP contribution >= 0.6 is 23.2 Å². The summed E-state index contributed by atoms with van der Waals surface area (Å²) in [6, 6.07) is 15.1. The number of nitrogens with zero attached hydrogens (tertiary/aromatic N) is 2. The van der Waals surface area contributed by atoms with E-state index in [0.717, 1.165) is 16.8 Å². The van der Waals surface area contributed by atoms with Gasteiger partial charge in [0.1, 0.15) is 0 Å². The van der Waals surface area contributed by atoms with Gasteiger partial charge in [-0.1, -0.05) is 59.6 Å². The Morgan fingerprint density at radius 3 is 2.52 bits per heavy atom. The summed E-state index contributed by atoms with van der Waals surface area (Å²) in [7, 11) is 0. The van der Waals surface area contributed by atoms with Crippen LogP contribution < -0.4 is 5.32 Å². The molecule has 1 unspecified atom stereocenters. The average Bonchev–Trinajstić information content (AvgIpc) is 2.89. The number of benzene rings is 2. The summed E-state index contributed by atoms with van der Waals surface area (Å²) in [6.07, 6.45) is 0. The number of rotatable bonds is 5. The molecule has 0 saturated heterocycles. The van der Waals surface area contributed by atoms with Crippen LogP contribution in [0.4, 0.5) is 0 Å². The van der Waals surface area contributed by atoms with Crippen molar-refractivity contribution in [1.29, 1.82) is 0 Å². The summed E-state index contributed by atoms with van der Waals surface area (Å²) in [6.45, 7) is 6.28.